The smallest absolute Gasteiger partial charge is 0.319 e. The van der Waals surface area contributed by atoms with Crippen molar-refractivity contribution in [2.75, 3.05) is 32.6 Å². The number of thiophene rings is 1. The van der Waals surface area contributed by atoms with E-state index in [2.05, 4.69) is 39.4 Å². The van der Waals surface area contributed by atoms with Crippen LogP contribution in [0.25, 0.3) is 5.00 Å². The van der Waals surface area contributed by atoms with Crippen molar-refractivity contribution in [2.45, 2.75) is 32.9 Å². The lowest BCUT2D eigenvalue weighted by molar-refractivity contribution is 0.249. The average molecular weight is 489 g/mol. The quantitative estimate of drug-likeness (QED) is 0.462. The van der Waals surface area contributed by atoms with Crippen molar-refractivity contribution < 1.29 is 14.3 Å². The SMILES string of the molecule is CCN1CCc2c(sc(-n3cccc3)c2[C@H](C)NC(=O)Nc2cc(Cl)c(OC)cc2OC)C1. The van der Waals surface area contributed by atoms with Crippen LogP contribution in [0, 0.1) is 0 Å². The van der Waals surface area contributed by atoms with Gasteiger partial charge in [-0.15, -0.1) is 11.3 Å². The van der Waals surface area contributed by atoms with E-state index in [4.69, 9.17) is 21.1 Å². The summed E-state index contributed by atoms with van der Waals surface area (Å²) in [5.74, 6) is 0.954. The minimum atomic E-state index is -0.327. The molecule has 0 spiro atoms. The number of halogens is 1. The monoisotopic (exact) mass is 488 g/mol. The maximum atomic E-state index is 13.0. The van der Waals surface area contributed by atoms with Crippen LogP contribution in [0.1, 0.15) is 35.9 Å². The Kier molecular flexibility index (Phi) is 7.17. The molecule has 7 nitrogen and oxygen atoms in total. The highest BCUT2D eigenvalue weighted by Gasteiger charge is 2.28. The summed E-state index contributed by atoms with van der Waals surface area (Å²) in [5.41, 5.74) is 3.01. The van der Waals surface area contributed by atoms with Gasteiger partial charge in [0.25, 0.3) is 0 Å². The van der Waals surface area contributed by atoms with Crippen molar-refractivity contribution in [3.05, 3.63) is 57.7 Å². The number of nitrogens with one attached hydrogen (secondary N) is 2. The molecule has 4 rings (SSSR count). The van der Waals surface area contributed by atoms with Crippen LogP contribution in [-0.4, -0.2) is 42.8 Å². The summed E-state index contributed by atoms with van der Waals surface area (Å²) in [6.45, 7) is 7.23. The Morgan fingerprint density at radius 1 is 1.21 bits per heavy atom. The molecule has 1 aromatic carbocycles. The van der Waals surface area contributed by atoms with E-state index < -0.39 is 0 Å². The van der Waals surface area contributed by atoms with Crippen LogP contribution in [0.2, 0.25) is 5.02 Å². The fourth-order valence-electron chi connectivity index (χ4n) is 4.23. The van der Waals surface area contributed by atoms with Crippen LogP contribution < -0.4 is 20.1 Å². The zero-order valence-corrected chi connectivity index (χ0v) is 20.8. The van der Waals surface area contributed by atoms with Crippen LogP contribution >= 0.6 is 22.9 Å². The third-order valence-corrected chi connectivity index (χ3v) is 7.49. The molecule has 2 aromatic heterocycles. The molecule has 0 fully saturated rings. The number of nitrogens with zero attached hydrogens (tertiary/aromatic N) is 2. The van der Waals surface area contributed by atoms with Gasteiger partial charge in [0.15, 0.2) is 0 Å². The summed E-state index contributed by atoms with van der Waals surface area (Å²) in [6.07, 6.45) is 5.08. The van der Waals surface area contributed by atoms with E-state index >= 15 is 0 Å². The van der Waals surface area contributed by atoms with Crippen molar-refractivity contribution in [3.63, 3.8) is 0 Å². The van der Waals surface area contributed by atoms with Crippen LogP contribution in [0.5, 0.6) is 11.5 Å². The fraction of sp³-hybridized carbons (Fsp3) is 0.375. The molecule has 3 aromatic rings. The predicted octanol–water partition coefficient (Wildman–Crippen LogP) is 5.47. The zero-order chi connectivity index (χ0) is 23.5. The second-order valence-electron chi connectivity index (χ2n) is 7.94. The lowest BCUT2D eigenvalue weighted by Crippen LogP contribution is -2.33. The number of ether oxygens (including phenoxy) is 2. The zero-order valence-electron chi connectivity index (χ0n) is 19.3. The minimum Gasteiger partial charge on any atom is -0.495 e. The normalized spacial score (nSPS) is 14.5. The molecule has 2 amide bonds. The number of likely N-dealkylation sites (N-methyl/N-ethyl adjacent to an activating group) is 1. The third kappa shape index (κ3) is 4.83. The van der Waals surface area contributed by atoms with Gasteiger partial charge in [0.2, 0.25) is 0 Å². The molecular formula is C24H29ClN4O3S. The van der Waals surface area contributed by atoms with E-state index in [9.17, 15) is 4.79 Å². The van der Waals surface area contributed by atoms with Gasteiger partial charge >= 0.3 is 6.03 Å². The number of aromatic nitrogens is 1. The highest BCUT2D eigenvalue weighted by molar-refractivity contribution is 7.15. The van der Waals surface area contributed by atoms with Crippen molar-refractivity contribution in [1.29, 1.82) is 0 Å². The van der Waals surface area contributed by atoms with Gasteiger partial charge in [0.05, 0.1) is 31.0 Å². The molecule has 0 radical (unpaired) electrons. The van der Waals surface area contributed by atoms with Crippen molar-refractivity contribution >= 4 is 34.7 Å². The molecule has 2 N–H and O–H groups in total. The standard InChI is InChI=1S/C24H29ClN4O3S/c1-5-28-11-8-16-21(14-28)33-23(29-9-6-7-10-29)22(16)15(2)26-24(30)27-18-12-17(25)19(31-3)13-20(18)32-4/h6-7,9-10,12-13,15H,5,8,11,14H2,1-4H3,(H2,26,27,30)/t15-/m0/s1. The summed E-state index contributed by atoms with van der Waals surface area (Å²) in [6, 6.07) is 6.80. The molecule has 176 valence electrons. The number of fused-ring (bicyclic) bond motifs is 1. The van der Waals surface area contributed by atoms with E-state index in [1.54, 1.807) is 12.1 Å². The number of anilines is 1. The number of hydrogen-bond donors (Lipinski definition) is 2. The molecule has 0 bridgehead atoms. The Morgan fingerprint density at radius 2 is 1.94 bits per heavy atom. The topological polar surface area (TPSA) is 67.8 Å². The van der Waals surface area contributed by atoms with Gasteiger partial charge in [-0.2, -0.15) is 0 Å². The Balaban J connectivity index is 1.59. The minimum absolute atomic E-state index is 0.185. The van der Waals surface area contributed by atoms with Crippen molar-refractivity contribution in [2.24, 2.45) is 0 Å². The summed E-state index contributed by atoms with van der Waals surface area (Å²) in [4.78, 5) is 16.8. The van der Waals surface area contributed by atoms with Crippen LogP contribution in [0.3, 0.4) is 0 Å². The molecule has 3 heterocycles. The van der Waals surface area contributed by atoms with Gasteiger partial charge < -0.3 is 24.7 Å². The Bertz CT molecular complexity index is 1130. The average Bonchev–Trinajstić information content (AvgIpc) is 3.46. The first-order chi connectivity index (χ1) is 15.9. The first-order valence-electron chi connectivity index (χ1n) is 10.9. The van der Waals surface area contributed by atoms with Crippen molar-refractivity contribution in [1.82, 2.24) is 14.8 Å². The number of amides is 2. The Morgan fingerprint density at radius 3 is 2.61 bits per heavy atom. The number of carbonyl (C=O) groups excluding carboxylic acids is 1. The first kappa shape index (κ1) is 23.5. The van der Waals surface area contributed by atoms with E-state index in [0.29, 0.717) is 22.2 Å². The summed E-state index contributed by atoms with van der Waals surface area (Å²) >= 11 is 8.06. The molecule has 1 aliphatic rings. The molecule has 0 unspecified atom stereocenters. The van der Waals surface area contributed by atoms with E-state index in [-0.39, 0.29) is 12.1 Å². The lowest BCUT2D eigenvalue weighted by atomic mass is 9.98. The Hall–Kier alpha value is -2.68. The van der Waals surface area contributed by atoms with Gasteiger partial charge in [-0.1, -0.05) is 18.5 Å². The van der Waals surface area contributed by atoms with Gasteiger partial charge in [0, 0.05) is 42.0 Å². The number of rotatable bonds is 7. The number of methoxy groups -OCH3 is 2. The Labute approximate surface area is 203 Å². The number of urea groups is 1. The van der Waals surface area contributed by atoms with E-state index in [1.807, 2.05) is 30.4 Å². The molecule has 1 atom stereocenters. The molecule has 33 heavy (non-hydrogen) atoms. The van der Waals surface area contributed by atoms with Gasteiger partial charge in [0.1, 0.15) is 16.5 Å². The van der Waals surface area contributed by atoms with Gasteiger partial charge in [-0.05, 0) is 43.7 Å². The summed E-state index contributed by atoms with van der Waals surface area (Å²) in [5, 5.41) is 7.52. The first-order valence-corrected chi connectivity index (χ1v) is 12.1. The van der Waals surface area contributed by atoms with Gasteiger partial charge in [-0.25, -0.2) is 4.79 Å². The molecule has 0 saturated carbocycles. The molecular weight excluding hydrogens is 460 g/mol. The summed E-state index contributed by atoms with van der Waals surface area (Å²) in [7, 11) is 3.07. The fourth-order valence-corrected chi connectivity index (χ4v) is 5.92. The molecule has 1 aliphatic heterocycles. The van der Waals surface area contributed by atoms with Gasteiger partial charge in [-0.3, -0.25) is 4.90 Å². The number of hydrogen-bond acceptors (Lipinski definition) is 5. The third-order valence-electron chi connectivity index (χ3n) is 5.95. The molecule has 9 heteroatoms. The van der Waals surface area contributed by atoms with Crippen LogP contribution in [0.15, 0.2) is 36.7 Å². The molecule has 0 aliphatic carbocycles. The largest absolute Gasteiger partial charge is 0.495 e. The van der Waals surface area contributed by atoms with Crippen LogP contribution in [-0.2, 0) is 13.0 Å². The maximum Gasteiger partial charge on any atom is 0.319 e. The molecule has 0 saturated heterocycles. The second-order valence-corrected chi connectivity index (χ2v) is 9.43. The van der Waals surface area contributed by atoms with E-state index in [0.717, 1.165) is 31.1 Å². The van der Waals surface area contributed by atoms with E-state index in [1.165, 1.54) is 30.2 Å². The number of benzene rings is 1. The lowest BCUT2D eigenvalue weighted by Gasteiger charge is -2.27. The predicted molar refractivity (Wildman–Crippen MR) is 133 cm³/mol. The highest BCUT2D eigenvalue weighted by Crippen LogP contribution is 2.40. The second kappa shape index (κ2) is 10.1. The number of carbonyl (C=O) groups is 1. The summed E-state index contributed by atoms with van der Waals surface area (Å²) < 4.78 is 12.8. The maximum absolute atomic E-state index is 13.0. The van der Waals surface area contributed by atoms with Crippen molar-refractivity contribution in [3.8, 4) is 16.5 Å². The van der Waals surface area contributed by atoms with Crippen LogP contribution in [0.4, 0.5) is 10.5 Å². The highest BCUT2D eigenvalue weighted by atomic mass is 35.5.